The number of likely N-dealkylation sites (N-methyl/N-ethyl adjacent to an activating group) is 1. The van der Waals surface area contributed by atoms with Gasteiger partial charge in [0.15, 0.2) is 5.13 Å². The van der Waals surface area contributed by atoms with Crippen molar-refractivity contribution in [1.29, 1.82) is 0 Å². The van der Waals surface area contributed by atoms with E-state index in [2.05, 4.69) is 45.7 Å². The number of hydrogen-bond donors (Lipinski definition) is 2. The minimum absolute atomic E-state index is 0.290. The second-order valence-corrected chi connectivity index (χ2v) is 9.52. The lowest BCUT2D eigenvalue weighted by Gasteiger charge is -2.34. The number of anilines is 2. The number of thiazole rings is 1. The van der Waals surface area contributed by atoms with Crippen LogP contribution in [0.15, 0.2) is 49.2 Å². The molecule has 0 bridgehead atoms. The summed E-state index contributed by atoms with van der Waals surface area (Å²) >= 11 is 1.60. The lowest BCUT2D eigenvalue weighted by atomic mass is 10.0. The fraction of sp³-hybridized carbons (Fsp3) is 0.320. The van der Waals surface area contributed by atoms with E-state index in [9.17, 15) is 4.79 Å². The van der Waals surface area contributed by atoms with Gasteiger partial charge in [-0.05, 0) is 42.8 Å². The third-order valence-corrected chi connectivity index (χ3v) is 6.69. The molecule has 0 atom stereocenters. The molecule has 3 N–H and O–H groups in total. The predicted octanol–water partition coefficient (Wildman–Crippen LogP) is 3.89. The molecule has 1 amide bonds. The van der Waals surface area contributed by atoms with Crippen molar-refractivity contribution in [1.82, 2.24) is 19.8 Å². The van der Waals surface area contributed by atoms with Gasteiger partial charge in [0.25, 0.3) is 0 Å². The molecule has 0 radical (unpaired) electrons. The number of nitrogens with zero attached hydrogens (tertiary/aromatic N) is 4. The number of aryl methyl sites for hydroxylation is 1. The Labute approximate surface area is 199 Å². The fourth-order valence-electron chi connectivity index (χ4n) is 3.94. The molecule has 7 nitrogen and oxygen atoms in total. The summed E-state index contributed by atoms with van der Waals surface area (Å²) in [4.78, 5) is 27.0. The zero-order chi connectivity index (χ0) is 23.4. The van der Waals surface area contributed by atoms with E-state index in [1.807, 2.05) is 37.4 Å². The van der Waals surface area contributed by atoms with E-state index >= 15 is 0 Å². The van der Waals surface area contributed by atoms with Crippen LogP contribution in [0.2, 0.25) is 0 Å². The largest absolute Gasteiger partial charge is 0.366 e. The van der Waals surface area contributed by atoms with Crippen LogP contribution in [0.5, 0.6) is 0 Å². The van der Waals surface area contributed by atoms with Crippen molar-refractivity contribution in [2.75, 3.05) is 38.0 Å². The first kappa shape index (κ1) is 23.1. The molecule has 0 spiro atoms. The van der Waals surface area contributed by atoms with Crippen LogP contribution in [-0.2, 0) is 11.3 Å². The number of amides is 1. The summed E-state index contributed by atoms with van der Waals surface area (Å²) in [6, 6.07) is 11.9. The van der Waals surface area contributed by atoms with E-state index in [1.54, 1.807) is 11.3 Å². The first-order valence-electron chi connectivity index (χ1n) is 11.2. The summed E-state index contributed by atoms with van der Waals surface area (Å²) < 4.78 is 0. The summed E-state index contributed by atoms with van der Waals surface area (Å²) in [6.07, 6.45) is 1.85. The molecule has 33 heavy (non-hydrogen) atoms. The number of carbonyl (C=O) groups excluding carboxylic acids is 1. The van der Waals surface area contributed by atoms with Gasteiger partial charge in [-0.2, -0.15) is 0 Å². The van der Waals surface area contributed by atoms with Gasteiger partial charge in [-0.15, -0.1) is 11.3 Å². The van der Waals surface area contributed by atoms with Gasteiger partial charge in [0.1, 0.15) is 5.82 Å². The maximum Gasteiger partial charge on any atom is 0.248 e. The summed E-state index contributed by atoms with van der Waals surface area (Å²) in [7, 11) is 0. The van der Waals surface area contributed by atoms with Crippen molar-refractivity contribution in [2.24, 2.45) is 5.73 Å². The van der Waals surface area contributed by atoms with E-state index in [0.29, 0.717) is 11.1 Å². The van der Waals surface area contributed by atoms with Gasteiger partial charge in [0.05, 0.1) is 5.69 Å². The van der Waals surface area contributed by atoms with Crippen LogP contribution in [-0.4, -0.2) is 58.4 Å². The number of pyridine rings is 1. The van der Waals surface area contributed by atoms with Crippen molar-refractivity contribution < 1.29 is 4.79 Å². The van der Waals surface area contributed by atoms with Crippen molar-refractivity contribution in [3.05, 3.63) is 65.2 Å². The SMILES string of the molecule is C=C(C(N)=O)c1cccc(-c2cc(CN3CCN(CC)CC3)cc(Nc3ncc(C)s3)n2)c1. The highest BCUT2D eigenvalue weighted by molar-refractivity contribution is 7.15. The van der Waals surface area contributed by atoms with Crippen LogP contribution in [0, 0.1) is 6.92 Å². The number of nitrogens with one attached hydrogen (secondary N) is 1. The number of hydrogen-bond acceptors (Lipinski definition) is 7. The van der Waals surface area contributed by atoms with Gasteiger partial charge in [0.2, 0.25) is 5.91 Å². The number of piperazine rings is 1. The van der Waals surface area contributed by atoms with Gasteiger partial charge in [-0.3, -0.25) is 9.69 Å². The van der Waals surface area contributed by atoms with Gasteiger partial charge in [0, 0.05) is 54.9 Å². The molecule has 2 aromatic heterocycles. The van der Waals surface area contributed by atoms with Crippen LogP contribution in [0.1, 0.15) is 22.9 Å². The normalized spacial score (nSPS) is 14.8. The molecule has 0 unspecified atom stereocenters. The Morgan fingerprint density at radius 1 is 1.18 bits per heavy atom. The van der Waals surface area contributed by atoms with Crippen molar-refractivity contribution in [3.63, 3.8) is 0 Å². The van der Waals surface area contributed by atoms with E-state index in [4.69, 9.17) is 10.7 Å². The number of aromatic nitrogens is 2. The molecular formula is C25H30N6OS. The maximum atomic E-state index is 11.6. The average Bonchev–Trinajstić information content (AvgIpc) is 3.23. The molecule has 3 aromatic rings. The zero-order valence-corrected chi connectivity index (χ0v) is 20.0. The summed E-state index contributed by atoms with van der Waals surface area (Å²) in [5.41, 5.74) is 9.35. The lowest BCUT2D eigenvalue weighted by molar-refractivity contribution is -0.112. The fourth-order valence-corrected chi connectivity index (χ4v) is 4.61. The third kappa shape index (κ3) is 5.84. The third-order valence-electron chi connectivity index (χ3n) is 5.86. The monoisotopic (exact) mass is 462 g/mol. The van der Waals surface area contributed by atoms with E-state index in [0.717, 1.165) is 66.4 Å². The van der Waals surface area contributed by atoms with Gasteiger partial charge < -0.3 is 16.0 Å². The second kappa shape index (κ2) is 10.2. The number of carbonyl (C=O) groups is 1. The Kier molecular flexibility index (Phi) is 7.17. The Morgan fingerprint density at radius 3 is 2.61 bits per heavy atom. The molecule has 4 rings (SSSR count). The Bertz CT molecular complexity index is 1150. The minimum atomic E-state index is -0.526. The molecule has 1 aliphatic rings. The van der Waals surface area contributed by atoms with E-state index < -0.39 is 5.91 Å². The highest BCUT2D eigenvalue weighted by Gasteiger charge is 2.17. The van der Waals surface area contributed by atoms with Crippen molar-refractivity contribution in [2.45, 2.75) is 20.4 Å². The number of primary amides is 1. The van der Waals surface area contributed by atoms with Crippen LogP contribution >= 0.6 is 11.3 Å². The van der Waals surface area contributed by atoms with Crippen LogP contribution in [0.25, 0.3) is 16.8 Å². The van der Waals surface area contributed by atoms with Gasteiger partial charge >= 0.3 is 0 Å². The number of benzene rings is 1. The van der Waals surface area contributed by atoms with Crippen LogP contribution in [0.4, 0.5) is 10.9 Å². The number of rotatable bonds is 8. The summed E-state index contributed by atoms with van der Waals surface area (Å²) in [6.45, 7) is 14.3. The Balaban J connectivity index is 1.65. The maximum absolute atomic E-state index is 11.6. The predicted molar refractivity (Wildman–Crippen MR) is 135 cm³/mol. The first-order chi connectivity index (χ1) is 15.9. The summed E-state index contributed by atoms with van der Waals surface area (Å²) in [5.74, 6) is 0.227. The summed E-state index contributed by atoms with van der Waals surface area (Å²) in [5, 5.41) is 4.18. The first-order valence-corrected chi connectivity index (χ1v) is 12.0. The van der Waals surface area contributed by atoms with Crippen LogP contribution in [0.3, 0.4) is 0 Å². The standard InChI is InChI=1S/C25H30N6OS/c1-4-30-8-10-31(11-9-30)16-19-12-22(21-7-5-6-20(14-21)18(3)24(26)32)28-23(13-19)29-25-27-15-17(2)33-25/h5-7,12-15H,3-4,8-11,16H2,1-2H3,(H2,26,32)(H,27,28,29). The minimum Gasteiger partial charge on any atom is -0.366 e. The molecule has 0 saturated carbocycles. The average molecular weight is 463 g/mol. The highest BCUT2D eigenvalue weighted by atomic mass is 32.1. The van der Waals surface area contributed by atoms with E-state index in [-0.39, 0.29) is 0 Å². The molecule has 3 heterocycles. The zero-order valence-electron chi connectivity index (χ0n) is 19.2. The van der Waals surface area contributed by atoms with Crippen molar-refractivity contribution in [3.8, 4) is 11.3 Å². The molecule has 8 heteroatoms. The second-order valence-electron chi connectivity index (χ2n) is 8.28. The Hall–Kier alpha value is -3.07. The van der Waals surface area contributed by atoms with Crippen LogP contribution < -0.4 is 11.1 Å². The molecule has 1 aromatic carbocycles. The topological polar surface area (TPSA) is 87.4 Å². The smallest absolute Gasteiger partial charge is 0.248 e. The molecule has 172 valence electrons. The molecular weight excluding hydrogens is 432 g/mol. The van der Waals surface area contributed by atoms with Crippen molar-refractivity contribution >= 4 is 33.8 Å². The lowest BCUT2D eigenvalue weighted by Crippen LogP contribution is -2.45. The quantitative estimate of drug-likeness (QED) is 0.494. The van der Waals surface area contributed by atoms with Gasteiger partial charge in [-0.1, -0.05) is 31.7 Å². The molecule has 1 fully saturated rings. The Morgan fingerprint density at radius 2 is 1.94 bits per heavy atom. The number of nitrogens with two attached hydrogens (primary N) is 1. The molecule has 1 aliphatic heterocycles. The van der Waals surface area contributed by atoms with E-state index in [1.165, 1.54) is 5.56 Å². The van der Waals surface area contributed by atoms with Gasteiger partial charge in [-0.25, -0.2) is 9.97 Å². The molecule has 1 saturated heterocycles. The highest BCUT2D eigenvalue weighted by Crippen LogP contribution is 2.28. The molecule has 0 aliphatic carbocycles.